The number of hydrogen-bond acceptors (Lipinski definition) is 10. The molecular formula is C9H6N8S3. The molecule has 100 valence electrons. The smallest absolute Gasteiger partial charge is 0.181 e. The summed E-state index contributed by atoms with van der Waals surface area (Å²) in [6.07, 6.45) is 0. The first-order valence-corrected chi connectivity index (χ1v) is 7.91. The summed E-state index contributed by atoms with van der Waals surface area (Å²) in [5.74, 6) is 0.671. The van der Waals surface area contributed by atoms with Crippen molar-refractivity contribution in [2.45, 2.75) is 13.8 Å². The number of aromatic nitrogens is 8. The Bertz CT molecular complexity index is 899. The third-order valence-electron chi connectivity index (χ3n) is 2.69. The minimum absolute atomic E-state index is 0.671. The molecule has 0 N–H and O–H groups in total. The van der Waals surface area contributed by atoms with Crippen LogP contribution >= 0.6 is 34.4 Å². The van der Waals surface area contributed by atoms with Crippen LogP contribution in [0.3, 0.4) is 0 Å². The third kappa shape index (κ3) is 1.67. The highest BCUT2D eigenvalue weighted by molar-refractivity contribution is 7.23. The summed E-state index contributed by atoms with van der Waals surface area (Å²) in [5, 5.41) is 21.7. The molecule has 0 unspecified atom stereocenters. The van der Waals surface area contributed by atoms with Gasteiger partial charge in [0.05, 0.1) is 11.4 Å². The zero-order chi connectivity index (χ0) is 13.7. The molecule has 0 saturated carbocycles. The first kappa shape index (κ1) is 11.9. The topological polar surface area (TPSA) is 94.6 Å². The molecule has 0 radical (unpaired) electrons. The highest BCUT2D eigenvalue weighted by Gasteiger charge is 2.19. The van der Waals surface area contributed by atoms with Gasteiger partial charge in [0.2, 0.25) is 4.96 Å². The number of hydrogen-bond donors (Lipinski definition) is 0. The molecule has 8 nitrogen and oxygen atoms in total. The van der Waals surface area contributed by atoms with Gasteiger partial charge >= 0.3 is 0 Å². The minimum atomic E-state index is 0.671. The Kier molecular flexibility index (Phi) is 2.58. The summed E-state index contributed by atoms with van der Waals surface area (Å²) in [6.45, 7) is 3.81. The van der Waals surface area contributed by atoms with Crippen LogP contribution in [0.1, 0.15) is 11.4 Å². The predicted molar refractivity (Wildman–Crippen MR) is 75.9 cm³/mol. The van der Waals surface area contributed by atoms with Crippen molar-refractivity contribution in [2.24, 2.45) is 0 Å². The largest absolute Gasteiger partial charge is 0.235 e. The van der Waals surface area contributed by atoms with Gasteiger partial charge in [-0.15, -0.1) is 20.4 Å². The van der Waals surface area contributed by atoms with Crippen LogP contribution in [0.15, 0.2) is 0 Å². The fraction of sp³-hybridized carbons (Fsp3) is 0.222. The molecule has 0 aliphatic carbocycles. The molecule has 0 aliphatic heterocycles. The molecular weight excluding hydrogens is 316 g/mol. The molecule has 20 heavy (non-hydrogen) atoms. The second-order valence-corrected chi connectivity index (χ2v) is 6.46. The van der Waals surface area contributed by atoms with E-state index in [4.69, 9.17) is 0 Å². The first-order valence-electron chi connectivity index (χ1n) is 5.55. The van der Waals surface area contributed by atoms with Crippen LogP contribution in [0.2, 0.25) is 0 Å². The van der Waals surface area contributed by atoms with E-state index in [1.54, 1.807) is 4.52 Å². The van der Waals surface area contributed by atoms with Gasteiger partial charge in [-0.05, 0) is 36.9 Å². The van der Waals surface area contributed by atoms with E-state index in [2.05, 4.69) is 34.5 Å². The lowest BCUT2D eigenvalue weighted by molar-refractivity contribution is 0.968. The molecule has 0 spiro atoms. The predicted octanol–water partition coefficient (Wildman–Crippen LogP) is 1.84. The van der Waals surface area contributed by atoms with E-state index >= 15 is 0 Å². The molecule has 0 amide bonds. The van der Waals surface area contributed by atoms with Gasteiger partial charge in [0.25, 0.3) is 0 Å². The summed E-state index contributed by atoms with van der Waals surface area (Å²) in [4.78, 5) is 2.58. The summed E-state index contributed by atoms with van der Waals surface area (Å²) >= 11 is 4.09. The van der Waals surface area contributed by atoms with Crippen molar-refractivity contribution >= 4 is 39.4 Å². The summed E-state index contributed by atoms with van der Waals surface area (Å²) in [5.41, 5.74) is 1.70. The number of aryl methyl sites for hydroxylation is 2. The van der Waals surface area contributed by atoms with Crippen LogP contribution < -0.4 is 0 Å². The Morgan fingerprint density at radius 1 is 0.850 bits per heavy atom. The fourth-order valence-electron chi connectivity index (χ4n) is 1.71. The molecule has 0 aromatic carbocycles. The maximum Gasteiger partial charge on any atom is 0.235 e. The molecule has 0 bridgehead atoms. The highest BCUT2D eigenvalue weighted by atomic mass is 32.1. The van der Waals surface area contributed by atoms with Crippen LogP contribution in [0.5, 0.6) is 0 Å². The Morgan fingerprint density at radius 3 is 2.20 bits per heavy atom. The van der Waals surface area contributed by atoms with Crippen LogP contribution in [-0.4, -0.2) is 39.0 Å². The average molecular weight is 322 g/mol. The van der Waals surface area contributed by atoms with Gasteiger partial charge in [0, 0.05) is 0 Å². The molecule has 0 fully saturated rings. The minimum Gasteiger partial charge on any atom is -0.181 e. The second-order valence-electron chi connectivity index (χ2n) is 4.00. The van der Waals surface area contributed by atoms with Crippen molar-refractivity contribution in [1.82, 2.24) is 39.0 Å². The number of nitrogens with zero attached hydrogens (tertiary/aromatic N) is 8. The Labute approximate surface area is 124 Å². The molecule has 4 aromatic heterocycles. The van der Waals surface area contributed by atoms with E-state index in [9.17, 15) is 0 Å². The average Bonchev–Trinajstić information content (AvgIpc) is 3.12. The van der Waals surface area contributed by atoms with Crippen molar-refractivity contribution < 1.29 is 0 Å². The Balaban J connectivity index is 1.92. The van der Waals surface area contributed by atoms with Crippen molar-refractivity contribution in [1.29, 1.82) is 0 Å². The fourth-order valence-corrected chi connectivity index (χ4v) is 3.95. The summed E-state index contributed by atoms with van der Waals surface area (Å²) in [7, 11) is 0. The van der Waals surface area contributed by atoms with Gasteiger partial charge in [-0.1, -0.05) is 20.3 Å². The second kappa shape index (κ2) is 4.33. The van der Waals surface area contributed by atoms with Crippen LogP contribution in [-0.2, 0) is 0 Å². The molecule has 0 atom stereocenters. The monoisotopic (exact) mass is 322 g/mol. The molecule has 11 heteroatoms. The van der Waals surface area contributed by atoms with Crippen LogP contribution in [0.4, 0.5) is 0 Å². The van der Waals surface area contributed by atoms with E-state index < -0.39 is 0 Å². The number of fused-ring (bicyclic) bond motifs is 1. The highest BCUT2D eigenvalue weighted by Crippen LogP contribution is 2.32. The van der Waals surface area contributed by atoms with E-state index in [0.29, 0.717) is 5.82 Å². The molecule has 0 saturated heterocycles. The SMILES string of the molecule is Cc1nnsc1-c1nn2c(-c3snnc3C)nnc2s1. The van der Waals surface area contributed by atoms with Crippen molar-refractivity contribution in [3.8, 4) is 20.6 Å². The molecule has 4 heterocycles. The lowest BCUT2D eigenvalue weighted by atomic mass is 10.4. The lowest BCUT2D eigenvalue weighted by Crippen LogP contribution is -1.90. The maximum atomic E-state index is 4.56. The Morgan fingerprint density at radius 2 is 1.55 bits per heavy atom. The van der Waals surface area contributed by atoms with Gasteiger partial charge < -0.3 is 0 Å². The van der Waals surface area contributed by atoms with E-state index in [1.807, 2.05) is 13.8 Å². The quantitative estimate of drug-likeness (QED) is 0.555. The maximum absolute atomic E-state index is 4.56. The molecule has 0 aliphatic rings. The number of rotatable bonds is 2. The Hall–Kier alpha value is -1.85. The zero-order valence-corrected chi connectivity index (χ0v) is 12.8. The van der Waals surface area contributed by atoms with Gasteiger partial charge in [-0.3, -0.25) is 0 Å². The van der Waals surface area contributed by atoms with Gasteiger partial charge in [0.1, 0.15) is 9.75 Å². The lowest BCUT2D eigenvalue weighted by Gasteiger charge is -1.91. The van der Waals surface area contributed by atoms with E-state index in [0.717, 1.165) is 31.1 Å². The van der Waals surface area contributed by atoms with Crippen molar-refractivity contribution in [3.05, 3.63) is 11.4 Å². The van der Waals surface area contributed by atoms with Crippen LogP contribution in [0.25, 0.3) is 25.5 Å². The third-order valence-corrected chi connectivity index (χ3v) is 5.40. The molecule has 4 aromatic rings. The van der Waals surface area contributed by atoms with Gasteiger partial charge in [-0.25, -0.2) is 0 Å². The summed E-state index contributed by atoms with van der Waals surface area (Å²) < 4.78 is 9.58. The van der Waals surface area contributed by atoms with Crippen LogP contribution in [0, 0.1) is 13.8 Å². The molecule has 4 rings (SSSR count). The van der Waals surface area contributed by atoms with Gasteiger partial charge in [0.15, 0.2) is 10.8 Å². The standard InChI is InChI=1S/C9H6N8S3/c1-3-5(19-15-10-3)7-12-13-9-17(7)14-8(18-9)6-4(2)11-16-20-6/h1-2H3. The van der Waals surface area contributed by atoms with Crippen molar-refractivity contribution in [3.63, 3.8) is 0 Å². The van der Waals surface area contributed by atoms with Gasteiger partial charge in [-0.2, -0.15) is 9.61 Å². The van der Waals surface area contributed by atoms with E-state index in [1.165, 1.54) is 34.4 Å². The first-order chi connectivity index (χ1) is 9.74. The normalized spacial score (nSPS) is 11.5. The summed E-state index contributed by atoms with van der Waals surface area (Å²) in [6, 6.07) is 0. The van der Waals surface area contributed by atoms with E-state index in [-0.39, 0.29) is 0 Å². The zero-order valence-electron chi connectivity index (χ0n) is 10.3. The van der Waals surface area contributed by atoms with Crippen molar-refractivity contribution in [2.75, 3.05) is 0 Å².